The van der Waals surface area contributed by atoms with Crippen molar-refractivity contribution in [3.63, 3.8) is 0 Å². The number of hydrogen-bond donors (Lipinski definition) is 4. The number of methoxy groups -OCH3 is 1. The zero-order chi connectivity index (χ0) is 60.4. The molecule has 6 fully saturated rings. The summed E-state index contributed by atoms with van der Waals surface area (Å²) >= 11 is 1.87. The van der Waals surface area contributed by atoms with Gasteiger partial charge in [-0.2, -0.15) is 4.98 Å². The van der Waals surface area contributed by atoms with E-state index in [9.17, 15) is 28.4 Å². The first kappa shape index (κ1) is 59.4. The summed E-state index contributed by atoms with van der Waals surface area (Å²) in [4.78, 5) is 53.0. The number of morpholine rings is 1. The fraction of sp³-hybridized carbons (Fsp3) is 0.547. The highest BCUT2D eigenvalue weighted by Crippen LogP contribution is 2.58. The first-order valence-corrected chi connectivity index (χ1v) is 33.4. The number of benzene rings is 2. The number of sulfonamides is 1. The number of pyridine rings is 2. The number of ether oxygens (including phenoxy) is 4. The number of rotatable bonds is 16. The van der Waals surface area contributed by atoms with Crippen molar-refractivity contribution in [2.45, 2.75) is 126 Å². The monoisotopic (exact) mass is 1230 g/mol. The quantitative estimate of drug-likeness (QED) is 0.0522. The zero-order valence-electron chi connectivity index (χ0n) is 50.4. The summed E-state index contributed by atoms with van der Waals surface area (Å²) in [5.41, 5.74) is 4.56. The lowest BCUT2D eigenvalue weighted by Gasteiger charge is -2.62. The molecule has 21 nitrogen and oxygen atoms in total. The van der Waals surface area contributed by atoms with E-state index in [0.29, 0.717) is 93.0 Å². The number of anilines is 5. The summed E-state index contributed by atoms with van der Waals surface area (Å²) in [6, 6.07) is 18.1. The molecule has 4 aromatic heterocycles. The number of H-pyrrole nitrogens is 1. The molecule has 5 aliphatic heterocycles. The fourth-order valence-corrected chi connectivity index (χ4v) is 17.0. The van der Waals surface area contributed by atoms with Crippen LogP contribution >= 0.6 is 11.3 Å². The highest BCUT2D eigenvalue weighted by Gasteiger charge is 2.56. The fourth-order valence-electron chi connectivity index (χ4n) is 15.1. The SMILES string of the molecule is COc1cc(CN2CCN(C3CC4(CCN(c5ccc(C(=O)NS(=O)(=O)c6ccc(NC[C@H]7CC[C@](C)(O)CC7)c([N+](=O)[O-])c6)c(N6c7cc8cc[nH]c8nc7O[C@H]7COCC[C@@H]76)c5)CC4)C3C)[C@H](c3ccsc3C(C)C)C2)cnc1N1CCOCC1. The number of aliphatic hydroxyl groups is 1. The van der Waals surface area contributed by atoms with Crippen LogP contribution in [0.5, 0.6) is 11.6 Å². The lowest BCUT2D eigenvalue weighted by molar-refractivity contribution is -0.384. The Balaban J connectivity index is 0.748. The van der Waals surface area contributed by atoms with Crippen molar-refractivity contribution in [1.82, 2.24) is 29.5 Å². The Bertz CT molecular complexity index is 3630. The molecule has 2 saturated carbocycles. The second kappa shape index (κ2) is 24.1. The Morgan fingerprint density at radius 1 is 0.943 bits per heavy atom. The Morgan fingerprint density at radius 3 is 2.51 bits per heavy atom. The molecule has 2 aliphatic carbocycles. The van der Waals surface area contributed by atoms with E-state index in [1.807, 2.05) is 54.9 Å². The van der Waals surface area contributed by atoms with E-state index in [1.54, 1.807) is 13.2 Å². The second-order valence-electron chi connectivity index (χ2n) is 25.8. The molecule has 0 bridgehead atoms. The molecular weight excluding hydrogens is 1150 g/mol. The van der Waals surface area contributed by atoms with Crippen molar-refractivity contribution in [1.29, 1.82) is 0 Å². The maximum Gasteiger partial charge on any atom is 0.293 e. The Hall–Kier alpha value is -6.60. The van der Waals surface area contributed by atoms with Crippen LogP contribution in [0, 0.1) is 27.4 Å². The van der Waals surface area contributed by atoms with E-state index < -0.39 is 43.1 Å². The molecule has 13 rings (SSSR count). The molecule has 464 valence electrons. The number of aromatic nitrogens is 3. The third kappa shape index (κ3) is 11.7. The molecule has 4 saturated heterocycles. The van der Waals surface area contributed by atoms with Crippen LogP contribution in [0.4, 0.5) is 34.3 Å². The van der Waals surface area contributed by atoms with E-state index in [2.05, 4.69) is 77.8 Å². The molecule has 4 N–H and O–H groups in total. The van der Waals surface area contributed by atoms with Gasteiger partial charge in [-0.1, -0.05) is 20.8 Å². The third-order valence-corrected chi connectivity index (χ3v) is 22.8. The number of piperidine rings is 1. The average molecular weight is 1230 g/mol. The van der Waals surface area contributed by atoms with Crippen molar-refractivity contribution in [2.24, 2.45) is 17.3 Å². The Labute approximate surface area is 512 Å². The van der Waals surface area contributed by atoms with E-state index in [1.165, 1.54) is 22.6 Å². The average Bonchev–Trinajstić information content (AvgIpc) is 1.19. The molecule has 6 aromatic rings. The molecule has 1 amide bonds. The smallest absolute Gasteiger partial charge is 0.293 e. The number of carbonyl (C=O) groups excluding carboxylic acids is 1. The van der Waals surface area contributed by atoms with Crippen molar-refractivity contribution in [2.75, 3.05) is 106 Å². The van der Waals surface area contributed by atoms with Crippen molar-refractivity contribution >= 4 is 72.6 Å². The summed E-state index contributed by atoms with van der Waals surface area (Å²) in [7, 11) is -2.92. The number of carbonyl (C=O) groups is 1. The lowest BCUT2D eigenvalue weighted by Crippen LogP contribution is -2.64. The van der Waals surface area contributed by atoms with Crippen LogP contribution in [0.3, 0.4) is 0 Å². The van der Waals surface area contributed by atoms with Gasteiger partial charge in [-0.05, 0) is 153 Å². The molecule has 5 atom stereocenters. The number of thiophene rings is 1. The standard InChI is InChI=1S/C64H81N11O10S2/c1-40(2)58-47(14-29-86-58)55-38-70(37-43-30-56(82-5)60(67-36-43)72-24-27-83-28-25-72)22-23-73(55)54-34-64(41(54)3)17-20-71(21-18-64)45-6-8-48(51(32-45)74-50-13-26-84-39-57(50)85-62-53(74)31-44-12-19-65-59(44)68-62)61(76)69-87(80,81)46-7-9-49(52(33-46)75(78)79)66-35-42-10-15-63(4,77)16-11-42/h6-9,12,14,19,29-33,36,40-42,50,54-55,57,66,77H,10-11,13,15-18,20-28,34-35,37-39H2,1-5H3,(H,65,68)(H,69,76)/t41?,42-,50-,54?,55-,57-,63-/m0/s1. The maximum absolute atomic E-state index is 14.9. The largest absolute Gasteiger partial charge is 0.493 e. The van der Waals surface area contributed by atoms with Gasteiger partial charge in [-0.15, -0.1) is 11.3 Å². The van der Waals surface area contributed by atoms with E-state index in [-0.39, 0.29) is 34.7 Å². The van der Waals surface area contributed by atoms with E-state index >= 15 is 0 Å². The Kier molecular flexibility index (Phi) is 16.4. The summed E-state index contributed by atoms with van der Waals surface area (Å²) in [6.45, 7) is 18.3. The van der Waals surface area contributed by atoms with E-state index in [0.717, 1.165) is 119 Å². The minimum atomic E-state index is -4.65. The van der Waals surface area contributed by atoms with Gasteiger partial charge in [-0.25, -0.2) is 18.1 Å². The molecular formula is C64H81N11O10S2. The zero-order valence-corrected chi connectivity index (χ0v) is 52.0. The minimum absolute atomic E-state index is 0.108. The van der Waals surface area contributed by atoms with Crippen LogP contribution in [0.1, 0.15) is 117 Å². The molecule has 2 aromatic carbocycles. The molecule has 0 radical (unpaired) electrons. The van der Waals surface area contributed by atoms with Crippen LogP contribution in [0.25, 0.3) is 11.0 Å². The van der Waals surface area contributed by atoms with Crippen molar-refractivity contribution in [3.8, 4) is 11.6 Å². The number of aromatic amines is 1. The second-order valence-corrected chi connectivity index (χ2v) is 28.5. The number of fused-ring (bicyclic) bond motifs is 3. The van der Waals surface area contributed by atoms with Crippen LogP contribution in [0.2, 0.25) is 0 Å². The van der Waals surface area contributed by atoms with Gasteiger partial charge >= 0.3 is 0 Å². The summed E-state index contributed by atoms with van der Waals surface area (Å²) in [5, 5.41) is 29.2. The molecule has 2 unspecified atom stereocenters. The third-order valence-electron chi connectivity index (χ3n) is 20.2. The van der Waals surface area contributed by atoms with Gasteiger partial charge in [-0.3, -0.25) is 24.7 Å². The highest BCUT2D eigenvalue weighted by molar-refractivity contribution is 7.90. The maximum atomic E-state index is 14.9. The number of nitro groups is 1. The summed E-state index contributed by atoms with van der Waals surface area (Å²) in [6.07, 6.45) is 9.83. The minimum Gasteiger partial charge on any atom is -0.493 e. The van der Waals surface area contributed by atoms with Gasteiger partial charge in [0.25, 0.3) is 21.6 Å². The number of hydrogen-bond acceptors (Lipinski definition) is 19. The van der Waals surface area contributed by atoms with Crippen LogP contribution < -0.4 is 34.2 Å². The van der Waals surface area contributed by atoms with Crippen LogP contribution in [-0.2, 0) is 26.0 Å². The first-order chi connectivity index (χ1) is 41.9. The normalized spacial score (nSPS) is 26.0. The highest BCUT2D eigenvalue weighted by atomic mass is 32.2. The summed E-state index contributed by atoms with van der Waals surface area (Å²) < 4.78 is 55.1. The topological polar surface area (TPSA) is 233 Å². The van der Waals surface area contributed by atoms with E-state index in [4.69, 9.17) is 28.9 Å². The number of nitro benzene ring substituents is 1. The number of nitrogens with zero attached hydrogens (tertiary/aromatic N) is 8. The predicted octanol–water partition coefficient (Wildman–Crippen LogP) is 9.61. The molecule has 7 aliphatic rings. The first-order valence-electron chi connectivity index (χ1n) is 31.1. The van der Waals surface area contributed by atoms with Gasteiger partial charge in [0.1, 0.15) is 23.1 Å². The molecule has 9 heterocycles. The number of amides is 1. The van der Waals surface area contributed by atoms with Gasteiger partial charge in [0.05, 0.1) is 59.6 Å². The number of piperazine rings is 1. The van der Waals surface area contributed by atoms with Gasteiger partial charge in [0, 0.05) is 112 Å². The van der Waals surface area contributed by atoms with Crippen molar-refractivity contribution < 1.29 is 42.2 Å². The predicted molar refractivity (Wildman–Crippen MR) is 336 cm³/mol. The molecule has 87 heavy (non-hydrogen) atoms. The van der Waals surface area contributed by atoms with Gasteiger partial charge in [0.15, 0.2) is 11.6 Å². The summed E-state index contributed by atoms with van der Waals surface area (Å²) in [5.74, 6) is 2.23. The molecule has 1 spiro atoms. The van der Waals surface area contributed by atoms with Gasteiger partial charge in [0.2, 0.25) is 5.88 Å². The van der Waals surface area contributed by atoms with Crippen LogP contribution in [-0.4, -0.2) is 159 Å². The molecule has 23 heteroatoms. The number of nitrogens with one attached hydrogen (secondary N) is 3. The van der Waals surface area contributed by atoms with Crippen LogP contribution in [0.15, 0.2) is 83.3 Å². The van der Waals surface area contributed by atoms with Gasteiger partial charge < -0.3 is 49.1 Å². The Morgan fingerprint density at radius 2 is 1.75 bits per heavy atom. The lowest BCUT2D eigenvalue weighted by atomic mass is 9.53. The van der Waals surface area contributed by atoms with Crippen molar-refractivity contribution in [3.05, 3.63) is 110 Å².